The van der Waals surface area contributed by atoms with Crippen LogP contribution in [0.4, 0.5) is 0 Å². The summed E-state index contributed by atoms with van der Waals surface area (Å²) in [5, 5.41) is 8.04. The van der Waals surface area contributed by atoms with Gasteiger partial charge in [-0.15, -0.1) is 11.3 Å². The Morgan fingerprint density at radius 1 is 1.29 bits per heavy atom. The Kier molecular flexibility index (Phi) is 6.17. The van der Waals surface area contributed by atoms with Crippen molar-refractivity contribution < 1.29 is 0 Å². The molecule has 2 rings (SSSR count). The van der Waals surface area contributed by atoms with Crippen LogP contribution < -0.4 is 0 Å². The van der Waals surface area contributed by atoms with E-state index in [1.54, 1.807) is 23.5 Å². The normalized spacial score (nSPS) is 12.0. The Balaban J connectivity index is 1.97. The topological polar surface area (TPSA) is 36.7 Å². The largest absolute Gasteiger partial charge is 0.287 e. The molecule has 1 aromatic carbocycles. The highest BCUT2D eigenvalue weighted by Gasteiger charge is 2.08. The van der Waals surface area contributed by atoms with Crippen molar-refractivity contribution in [1.29, 1.82) is 5.41 Å². The molecule has 2 nitrogen and oxygen atoms in total. The van der Waals surface area contributed by atoms with Gasteiger partial charge in [0.1, 0.15) is 4.38 Å². The number of benzene rings is 1. The Bertz CT molecular complexity index is 682. The number of thioether (sulfide) groups is 1. The molecule has 0 aliphatic rings. The lowest BCUT2D eigenvalue weighted by Crippen LogP contribution is -1.83. The third-order valence-corrected chi connectivity index (χ3v) is 7.60. The second-order valence-electron chi connectivity index (χ2n) is 3.96. The molecule has 0 spiro atoms. The number of hydrogen-bond acceptors (Lipinski definition) is 6. The summed E-state index contributed by atoms with van der Waals surface area (Å²) in [7, 11) is 2.93. The second-order valence-corrected chi connectivity index (χ2v) is 8.69. The van der Waals surface area contributed by atoms with E-state index in [9.17, 15) is 0 Å². The fourth-order valence-corrected chi connectivity index (χ4v) is 5.56. The highest BCUT2D eigenvalue weighted by molar-refractivity contribution is 8.86. The van der Waals surface area contributed by atoms with Crippen molar-refractivity contribution in [2.45, 2.75) is 11.3 Å². The number of para-hydroxylation sites is 1. The number of fused-ring (bicyclic) bond motifs is 1. The van der Waals surface area contributed by atoms with Gasteiger partial charge in [-0.1, -0.05) is 49.2 Å². The molecule has 0 saturated heterocycles. The van der Waals surface area contributed by atoms with Crippen LogP contribution in [0.15, 0.2) is 64.4 Å². The Hall–Kier alpha value is -0.950. The van der Waals surface area contributed by atoms with Crippen LogP contribution in [0.1, 0.15) is 6.92 Å². The van der Waals surface area contributed by atoms with Crippen molar-refractivity contribution in [3.8, 4) is 0 Å². The van der Waals surface area contributed by atoms with Gasteiger partial charge in [-0.2, -0.15) is 0 Å². The van der Waals surface area contributed by atoms with Crippen LogP contribution in [0.25, 0.3) is 10.2 Å². The van der Waals surface area contributed by atoms with Crippen LogP contribution in [0.3, 0.4) is 0 Å². The molecule has 0 aliphatic carbocycles. The van der Waals surface area contributed by atoms with Crippen molar-refractivity contribution in [1.82, 2.24) is 4.98 Å². The fraction of sp³-hybridized carbons (Fsp3) is 0.0667. The summed E-state index contributed by atoms with van der Waals surface area (Å²) in [4.78, 5) is 5.51. The van der Waals surface area contributed by atoms with Crippen LogP contribution in [0.5, 0.6) is 0 Å². The highest BCUT2D eigenvalue weighted by atomic mass is 33.1. The van der Waals surface area contributed by atoms with Gasteiger partial charge in [0.15, 0.2) is 4.34 Å². The smallest absolute Gasteiger partial charge is 0.162 e. The fourth-order valence-electron chi connectivity index (χ4n) is 1.46. The summed E-state index contributed by atoms with van der Waals surface area (Å²) in [5.74, 6) is 0. The molecule has 1 heterocycles. The molecule has 2 aromatic rings. The highest BCUT2D eigenvalue weighted by Crippen LogP contribution is 2.40. The van der Waals surface area contributed by atoms with Crippen molar-refractivity contribution in [2.24, 2.45) is 0 Å². The molecule has 0 saturated carbocycles. The molecule has 1 aromatic heterocycles. The van der Waals surface area contributed by atoms with E-state index in [1.807, 2.05) is 25.1 Å². The number of aromatic nitrogens is 1. The predicted octanol–water partition coefficient (Wildman–Crippen LogP) is 6.35. The molecule has 0 aliphatic heterocycles. The van der Waals surface area contributed by atoms with Crippen molar-refractivity contribution in [2.75, 3.05) is 0 Å². The van der Waals surface area contributed by atoms with E-state index >= 15 is 0 Å². The summed E-state index contributed by atoms with van der Waals surface area (Å²) in [6, 6.07) is 8.07. The van der Waals surface area contributed by atoms with E-state index in [0.717, 1.165) is 20.3 Å². The molecule has 0 bridgehead atoms. The lowest BCUT2D eigenvalue weighted by atomic mass is 10.3. The van der Waals surface area contributed by atoms with Gasteiger partial charge in [0, 0.05) is 4.91 Å². The van der Waals surface area contributed by atoms with Crippen molar-refractivity contribution in [3.05, 3.63) is 60.1 Å². The van der Waals surface area contributed by atoms with Gasteiger partial charge in [0.25, 0.3) is 0 Å². The van der Waals surface area contributed by atoms with Gasteiger partial charge in [-0.25, -0.2) is 4.98 Å². The number of hydrogen-bond donors (Lipinski definition) is 1. The van der Waals surface area contributed by atoms with Gasteiger partial charge in [-0.3, -0.25) is 5.41 Å². The van der Waals surface area contributed by atoms with Gasteiger partial charge >= 0.3 is 0 Å². The maximum absolute atomic E-state index is 8.04. The minimum Gasteiger partial charge on any atom is -0.287 e. The third-order valence-electron chi connectivity index (χ3n) is 2.55. The SMILES string of the molecule is C=C/C(C)=C(\C=C)SC(=N)SSc1nc2ccccc2s1. The Morgan fingerprint density at radius 3 is 2.71 bits per heavy atom. The summed E-state index contributed by atoms with van der Waals surface area (Å²) in [5.41, 5.74) is 2.05. The van der Waals surface area contributed by atoms with Crippen LogP contribution in [0.2, 0.25) is 0 Å². The molecule has 0 amide bonds. The van der Waals surface area contributed by atoms with E-state index < -0.39 is 0 Å². The van der Waals surface area contributed by atoms with E-state index in [0.29, 0.717) is 4.38 Å². The van der Waals surface area contributed by atoms with Gasteiger partial charge < -0.3 is 0 Å². The first-order valence-corrected chi connectivity index (χ1v) is 9.84. The van der Waals surface area contributed by atoms with Crippen LogP contribution in [-0.4, -0.2) is 9.36 Å². The molecule has 0 atom stereocenters. The number of thiazole rings is 1. The Labute approximate surface area is 140 Å². The zero-order chi connectivity index (χ0) is 15.2. The van der Waals surface area contributed by atoms with E-state index in [2.05, 4.69) is 24.2 Å². The van der Waals surface area contributed by atoms with Gasteiger partial charge in [-0.05, 0) is 46.2 Å². The second kappa shape index (κ2) is 7.89. The third kappa shape index (κ3) is 4.51. The molecule has 0 unspecified atom stereocenters. The molecular weight excluding hydrogens is 336 g/mol. The lowest BCUT2D eigenvalue weighted by Gasteiger charge is -2.04. The minimum absolute atomic E-state index is 0.510. The average Bonchev–Trinajstić information content (AvgIpc) is 2.92. The minimum atomic E-state index is 0.510. The van der Waals surface area contributed by atoms with E-state index in [-0.39, 0.29) is 0 Å². The van der Waals surface area contributed by atoms with Crippen LogP contribution in [0, 0.1) is 5.41 Å². The monoisotopic (exact) mass is 350 g/mol. The predicted molar refractivity (Wildman–Crippen MR) is 101 cm³/mol. The first-order valence-electron chi connectivity index (χ1n) is 6.06. The molecule has 108 valence electrons. The molecule has 21 heavy (non-hydrogen) atoms. The van der Waals surface area contributed by atoms with Gasteiger partial charge in [0.05, 0.1) is 10.2 Å². The summed E-state index contributed by atoms with van der Waals surface area (Å²) >= 11 is 3.05. The molecule has 6 heteroatoms. The van der Waals surface area contributed by atoms with Crippen molar-refractivity contribution in [3.63, 3.8) is 0 Å². The van der Waals surface area contributed by atoms with Gasteiger partial charge in [0.2, 0.25) is 0 Å². The zero-order valence-electron chi connectivity index (χ0n) is 11.5. The summed E-state index contributed by atoms with van der Waals surface area (Å²) < 4.78 is 2.65. The average molecular weight is 351 g/mol. The van der Waals surface area contributed by atoms with Crippen molar-refractivity contribution >= 4 is 59.3 Å². The molecular formula is C15H14N2S4. The maximum atomic E-state index is 8.04. The summed E-state index contributed by atoms with van der Waals surface area (Å²) in [6.07, 6.45) is 3.54. The number of nitrogens with zero attached hydrogens (tertiary/aromatic N) is 1. The van der Waals surface area contributed by atoms with Crippen LogP contribution in [-0.2, 0) is 0 Å². The standard InChI is InChI=1S/C15H14N2S4/c1-4-10(3)12(5-2)18-14(16)20-21-15-17-11-8-6-7-9-13(11)19-15/h4-9,16H,1-2H2,3H3/b12-10+,16-14?. The summed E-state index contributed by atoms with van der Waals surface area (Å²) in [6.45, 7) is 9.49. The number of nitrogens with one attached hydrogen (secondary N) is 1. The quantitative estimate of drug-likeness (QED) is 0.295. The molecule has 0 fully saturated rings. The van der Waals surface area contributed by atoms with E-state index in [1.165, 1.54) is 38.0 Å². The zero-order valence-corrected chi connectivity index (χ0v) is 14.7. The molecule has 1 N–H and O–H groups in total. The number of allylic oxidation sites excluding steroid dienone is 3. The number of rotatable bonds is 5. The lowest BCUT2D eigenvalue weighted by molar-refractivity contribution is 1.31. The maximum Gasteiger partial charge on any atom is 0.162 e. The first kappa shape index (κ1) is 16.4. The Morgan fingerprint density at radius 2 is 2.05 bits per heavy atom. The molecule has 0 radical (unpaired) electrons. The first-order chi connectivity index (χ1) is 10.1. The van der Waals surface area contributed by atoms with E-state index in [4.69, 9.17) is 5.41 Å². The van der Waals surface area contributed by atoms with Crippen LogP contribution >= 0.6 is 44.7 Å².